The van der Waals surface area contributed by atoms with Crippen LogP contribution in [0.5, 0.6) is 11.5 Å². The number of methoxy groups -OCH3 is 2. The summed E-state index contributed by atoms with van der Waals surface area (Å²) in [6.45, 7) is 0. The number of anilines is 2. The van der Waals surface area contributed by atoms with Crippen molar-refractivity contribution < 1.29 is 27.1 Å². The average molecular weight is 515 g/mol. The van der Waals surface area contributed by atoms with Crippen molar-refractivity contribution in [2.75, 3.05) is 24.3 Å². The number of benzene rings is 3. The number of carbonyl (C=O) groups is 1. The van der Waals surface area contributed by atoms with E-state index in [1.807, 2.05) is 0 Å². The van der Waals surface area contributed by atoms with Gasteiger partial charge >= 0.3 is 6.01 Å². The van der Waals surface area contributed by atoms with Gasteiger partial charge < -0.3 is 13.9 Å². The number of carbonyl (C=O) groups excluding carboxylic acids is 1. The first-order valence-corrected chi connectivity index (χ1v) is 11.9. The molecule has 12 heteroatoms. The van der Waals surface area contributed by atoms with Crippen LogP contribution in [0.15, 0.2) is 76.0 Å². The molecular formula is C23H19ClN4O6S. The van der Waals surface area contributed by atoms with Crippen molar-refractivity contribution in [3.63, 3.8) is 0 Å². The number of ether oxygens (including phenoxy) is 2. The van der Waals surface area contributed by atoms with E-state index in [2.05, 4.69) is 20.2 Å². The maximum absolute atomic E-state index is 12.7. The van der Waals surface area contributed by atoms with Crippen LogP contribution < -0.4 is 19.5 Å². The van der Waals surface area contributed by atoms with Gasteiger partial charge in [0.05, 0.1) is 24.7 Å². The van der Waals surface area contributed by atoms with Crippen LogP contribution in [-0.2, 0) is 10.0 Å². The molecule has 3 aromatic carbocycles. The van der Waals surface area contributed by atoms with Gasteiger partial charge in [0.2, 0.25) is 0 Å². The molecule has 0 aliphatic rings. The van der Waals surface area contributed by atoms with Crippen LogP contribution in [0.3, 0.4) is 0 Å². The Morgan fingerprint density at radius 1 is 0.971 bits per heavy atom. The Balaban J connectivity index is 1.49. The van der Waals surface area contributed by atoms with E-state index in [1.54, 1.807) is 18.2 Å². The largest absolute Gasteiger partial charge is 0.497 e. The van der Waals surface area contributed by atoms with Gasteiger partial charge in [0.15, 0.2) is 0 Å². The number of aromatic nitrogens is 2. The highest BCUT2D eigenvalue weighted by Crippen LogP contribution is 2.33. The van der Waals surface area contributed by atoms with E-state index < -0.39 is 15.9 Å². The lowest BCUT2D eigenvalue weighted by Gasteiger charge is -2.09. The van der Waals surface area contributed by atoms with Crippen LogP contribution in [0.4, 0.5) is 11.7 Å². The van der Waals surface area contributed by atoms with E-state index in [0.717, 1.165) is 0 Å². The van der Waals surface area contributed by atoms with Crippen LogP contribution in [-0.4, -0.2) is 38.7 Å². The highest BCUT2D eigenvalue weighted by Gasteiger charge is 2.18. The molecule has 4 rings (SSSR count). The Morgan fingerprint density at radius 2 is 1.74 bits per heavy atom. The summed E-state index contributed by atoms with van der Waals surface area (Å²) in [5.74, 6) is 0.593. The summed E-state index contributed by atoms with van der Waals surface area (Å²) in [4.78, 5) is 12.8. The molecule has 0 aliphatic carbocycles. The summed E-state index contributed by atoms with van der Waals surface area (Å²) in [7, 11) is -0.847. The van der Waals surface area contributed by atoms with Crippen molar-refractivity contribution in [2.24, 2.45) is 0 Å². The molecule has 35 heavy (non-hydrogen) atoms. The van der Waals surface area contributed by atoms with Crippen LogP contribution >= 0.6 is 11.6 Å². The maximum atomic E-state index is 12.7. The molecular weight excluding hydrogens is 496 g/mol. The minimum absolute atomic E-state index is 0.0316. The Morgan fingerprint density at radius 3 is 2.46 bits per heavy atom. The predicted octanol–water partition coefficient (Wildman–Crippen LogP) is 4.46. The van der Waals surface area contributed by atoms with Gasteiger partial charge in [-0.25, -0.2) is 8.42 Å². The monoisotopic (exact) mass is 514 g/mol. The second-order valence-corrected chi connectivity index (χ2v) is 9.19. The van der Waals surface area contributed by atoms with Gasteiger partial charge in [0.25, 0.3) is 21.8 Å². The minimum atomic E-state index is -3.87. The van der Waals surface area contributed by atoms with Crippen molar-refractivity contribution in [3.05, 3.63) is 77.3 Å². The molecule has 0 aliphatic heterocycles. The SMILES string of the molecule is COc1ccc(-c2nnc(NC(=O)c3cccc(NS(=O)(=O)c4ccc(Cl)cc4)c3)o2)c(OC)c1. The molecule has 4 aromatic rings. The number of amides is 1. The molecule has 180 valence electrons. The molecule has 0 fully saturated rings. The molecule has 1 aromatic heterocycles. The van der Waals surface area contributed by atoms with Gasteiger partial charge in [-0.3, -0.25) is 14.8 Å². The third-order valence-corrected chi connectivity index (χ3v) is 6.43. The fraction of sp³-hybridized carbons (Fsp3) is 0.0870. The van der Waals surface area contributed by atoms with Gasteiger partial charge in [-0.1, -0.05) is 22.8 Å². The third-order valence-electron chi connectivity index (χ3n) is 4.79. The smallest absolute Gasteiger partial charge is 0.322 e. The van der Waals surface area contributed by atoms with Crippen molar-refractivity contribution in [1.29, 1.82) is 0 Å². The quantitative estimate of drug-likeness (QED) is 0.352. The standard InChI is InChI=1S/C23H19ClN4O6S/c1-32-17-8-11-19(20(13-17)33-2)22-26-27-23(34-22)25-21(29)14-4-3-5-16(12-14)28-35(30,31)18-9-6-15(24)7-10-18/h3-13,28H,1-2H3,(H,25,27,29). The Hall–Kier alpha value is -4.09. The van der Waals surface area contributed by atoms with Gasteiger partial charge in [-0.05, 0) is 54.6 Å². The zero-order valence-electron chi connectivity index (χ0n) is 18.5. The molecule has 0 bridgehead atoms. The lowest BCUT2D eigenvalue weighted by Crippen LogP contribution is -2.15. The van der Waals surface area contributed by atoms with Gasteiger partial charge in [0, 0.05) is 22.3 Å². The third kappa shape index (κ3) is 5.53. The number of halogens is 1. The van der Waals surface area contributed by atoms with E-state index >= 15 is 0 Å². The lowest BCUT2D eigenvalue weighted by atomic mass is 10.2. The predicted molar refractivity (Wildman–Crippen MR) is 129 cm³/mol. The number of hydrogen-bond acceptors (Lipinski definition) is 8. The Labute approximate surface area is 205 Å². The summed E-state index contributed by atoms with van der Waals surface area (Å²) < 4.78 is 43.7. The minimum Gasteiger partial charge on any atom is -0.497 e. The summed E-state index contributed by atoms with van der Waals surface area (Å²) in [6.07, 6.45) is 0. The molecule has 0 radical (unpaired) electrons. The molecule has 0 saturated carbocycles. The van der Waals surface area contributed by atoms with Crippen LogP contribution in [0.1, 0.15) is 10.4 Å². The maximum Gasteiger partial charge on any atom is 0.322 e. The highest BCUT2D eigenvalue weighted by atomic mass is 35.5. The molecule has 0 atom stereocenters. The fourth-order valence-electron chi connectivity index (χ4n) is 3.08. The first-order chi connectivity index (χ1) is 16.8. The first kappa shape index (κ1) is 24.0. The summed E-state index contributed by atoms with van der Waals surface area (Å²) in [6, 6.07) is 16.6. The summed E-state index contributed by atoms with van der Waals surface area (Å²) >= 11 is 5.82. The van der Waals surface area contributed by atoms with Gasteiger partial charge in [-0.2, -0.15) is 0 Å². The van der Waals surface area contributed by atoms with Crippen LogP contribution in [0.2, 0.25) is 5.02 Å². The molecule has 2 N–H and O–H groups in total. The van der Waals surface area contributed by atoms with E-state index in [1.165, 1.54) is 62.8 Å². The summed E-state index contributed by atoms with van der Waals surface area (Å²) in [5.41, 5.74) is 0.879. The molecule has 0 unspecified atom stereocenters. The second-order valence-electron chi connectivity index (χ2n) is 7.07. The molecule has 10 nitrogen and oxygen atoms in total. The lowest BCUT2D eigenvalue weighted by molar-refractivity contribution is 0.102. The van der Waals surface area contributed by atoms with E-state index in [9.17, 15) is 13.2 Å². The van der Waals surface area contributed by atoms with Crippen LogP contribution in [0, 0.1) is 0 Å². The number of rotatable bonds is 8. The van der Waals surface area contributed by atoms with Crippen molar-refractivity contribution in [3.8, 4) is 23.0 Å². The van der Waals surface area contributed by atoms with Crippen molar-refractivity contribution in [2.45, 2.75) is 4.90 Å². The van der Waals surface area contributed by atoms with Crippen molar-refractivity contribution in [1.82, 2.24) is 10.2 Å². The number of sulfonamides is 1. The van der Waals surface area contributed by atoms with Gasteiger partial charge in [-0.15, -0.1) is 5.10 Å². The van der Waals surface area contributed by atoms with Crippen LogP contribution in [0.25, 0.3) is 11.5 Å². The fourth-order valence-corrected chi connectivity index (χ4v) is 4.25. The molecule has 1 heterocycles. The van der Waals surface area contributed by atoms with Gasteiger partial charge in [0.1, 0.15) is 11.5 Å². The number of nitrogens with zero attached hydrogens (tertiary/aromatic N) is 2. The van der Waals surface area contributed by atoms with Crippen molar-refractivity contribution >= 4 is 39.2 Å². The molecule has 0 spiro atoms. The summed E-state index contributed by atoms with van der Waals surface area (Å²) in [5, 5.41) is 10.7. The Kier molecular flexibility index (Phi) is 6.90. The second kappa shape index (κ2) is 10.0. The molecule has 1 amide bonds. The zero-order chi connectivity index (χ0) is 25.0. The number of nitrogens with one attached hydrogen (secondary N) is 2. The zero-order valence-corrected chi connectivity index (χ0v) is 20.1. The topological polar surface area (TPSA) is 133 Å². The Bertz CT molecular complexity index is 1470. The highest BCUT2D eigenvalue weighted by molar-refractivity contribution is 7.92. The average Bonchev–Trinajstić information content (AvgIpc) is 3.32. The van der Waals surface area contributed by atoms with E-state index in [0.29, 0.717) is 22.1 Å². The molecule has 0 saturated heterocycles. The number of hydrogen-bond donors (Lipinski definition) is 2. The van der Waals surface area contributed by atoms with E-state index in [4.69, 9.17) is 25.5 Å². The first-order valence-electron chi connectivity index (χ1n) is 10.0. The van der Waals surface area contributed by atoms with E-state index in [-0.39, 0.29) is 28.1 Å². The normalized spacial score (nSPS) is 11.1.